The summed E-state index contributed by atoms with van der Waals surface area (Å²) in [6, 6.07) is 4.67. The number of hydrogen-bond acceptors (Lipinski definition) is 4. The number of esters is 1. The third-order valence-corrected chi connectivity index (χ3v) is 2.56. The van der Waals surface area contributed by atoms with Gasteiger partial charge in [-0.25, -0.2) is 0 Å². The molecule has 0 atom stereocenters. The van der Waals surface area contributed by atoms with Gasteiger partial charge in [0.1, 0.15) is 6.42 Å². The summed E-state index contributed by atoms with van der Waals surface area (Å²) >= 11 is 5.81. The normalized spacial score (nSPS) is 9.89. The lowest BCUT2D eigenvalue weighted by Crippen LogP contribution is -2.16. The minimum absolute atomic E-state index is 0.361. The topological polar surface area (TPSA) is 80.7 Å². The van der Waals surface area contributed by atoms with Crippen LogP contribution in [0.3, 0.4) is 0 Å². The van der Waals surface area contributed by atoms with Crippen molar-refractivity contribution in [3.8, 4) is 0 Å². The van der Waals surface area contributed by atoms with E-state index in [2.05, 4.69) is 4.74 Å². The maximum Gasteiger partial charge on any atom is 0.317 e. The van der Waals surface area contributed by atoms with Gasteiger partial charge in [0.2, 0.25) is 0 Å². The zero-order valence-electron chi connectivity index (χ0n) is 9.60. The highest BCUT2D eigenvalue weighted by Crippen LogP contribution is 2.16. The third-order valence-electron chi connectivity index (χ3n) is 2.14. The zero-order chi connectivity index (χ0) is 13.7. The first kappa shape index (κ1) is 14.2. The minimum atomic E-state index is -1.30. The van der Waals surface area contributed by atoms with E-state index in [4.69, 9.17) is 16.7 Å². The van der Waals surface area contributed by atoms with Crippen molar-refractivity contribution in [1.82, 2.24) is 0 Å². The van der Waals surface area contributed by atoms with Gasteiger partial charge >= 0.3 is 11.9 Å². The molecule has 0 aliphatic rings. The van der Waals surface area contributed by atoms with Crippen LogP contribution in [0.4, 0.5) is 0 Å². The number of ketones is 1. The summed E-state index contributed by atoms with van der Waals surface area (Å²) in [4.78, 5) is 32.8. The van der Waals surface area contributed by atoms with Crippen molar-refractivity contribution in [1.29, 1.82) is 0 Å². The lowest BCUT2D eigenvalue weighted by atomic mass is 10.1. The molecule has 5 nitrogen and oxygen atoms in total. The molecule has 1 N–H and O–H groups in total. The summed E-state index contributed by atoms with van der Waals surface area (Å²) in [6.07, 6.45) is -0.757. The van der Waals surface area contributed by atoms with Crippen LogP contribution in [0, 0.1) is 6.92 Å². The second-order valence-corrected chi connectivity index (χ2v) is 4.03. The van der Waals surface area contributed by atoms with E-state index in [-0.39, 0.29) is 0 Å². The molecule has 0 saturated carbocycles. The molecule has 0 fully saturated rings. The Labute approximate surface area is 108 Å². The second-order valence-electron chi connectivity index (χ2n) is 3.62. The van der Waals surface area contributed by atoms with Gasteiger partial charge in [0.15, 0.2) is 12.4 Å². The molecule has 0 saturated heterocycles. The fourth-order valence-corrected chi connectivity index (χ4v) is 1.34. The molecule has 1 aromatic rings. The number of carbonyl (C=O) groups excluding carboxylic acids is 2. The number of benzene rings is 1. The molecule has 6 heteroatoms. The molecule has 0 aliphatic heterocycles. The lowest BCUT2D eigenvalue weighted by molar-refractivity contribution is -0.150. The van der Waals surface area contributed by atoms with Crippen LogP contribution in [-0.4, -0.2) is 29.4 Å². The standard InChI is InChI=1S/C12H11ClO5/c1-7-4-8(2-3-9(7)13)10(14)6-18-12(17)5-11(15)16/h2-4H,5-6H2,1H3,(H,15,16). The van der Waals surface area contributed by atoms with E-state index in [1.165, 1.54) is 6.07 Å². The van der Waals surface area contributed by atoms with Gasteiger partial charge in [0, 0.05) is 10.6 Å². The SMILES string of the molecule is Cc1cc(C(=O)COC(=O)CC(=O)O)ccc1Cl. The third kappa shape index (κ3) is 4.18. The van der Waals surface area contributed by atoms with E-state index in [9.17, 15) is 14.4 Å². The minimum Gasteiger partial charge on any atom is -0.481 e. The van der Waals surface area contributed by atoms with Crippen molar-refractivity contribution in [3.63, 3.8) is 0 Å². The Hall–Kier alpha value is -1.88. The summed E-state index contributed by atoms with van der Waals surface area (Å²) in [7, 11) is 0. The Morgan fingerprint density at radius 1 is 1.33 bits per heavy atom. The highest BCUT2D eigenvalue weighted by Gasteiger charge is 2.13. The van der Waals surface area contributed by atoms with Crippen LogP contribution in [0.25, 0.3) is 0 Å². The number of hydrogen-bond donors (Lipinski definition) is 1. The molecule has 0 aromatic heterocycles. The van der Waals surface area contributed by atoms with Crippen LogP contribution in [0.15, 0.2) is 18.2 Å². The number of carbonyl (C=O) groups is 3. The van der Waals surface area contributed by atoms with Crippen LogP contribution in [0.5, 0.6) is 0 Å². The Morgan fingerprint density at radius 3 is 2.56 bits per heavy atom. The summed E-state index contributed by atoms with van der Waals surface area (Å²) in [5.41, 5.74) is 1.10. The largest absolute Gasteiger partial charge is 0.481 e. The van der Waals surface area contributed by atoms with Crippen molar-refractivity contribution >= 4 is 29.3 Å². The Morgan fingerprint density at radius 2 is 2.00 bits per heavy atom. The van der Waals surface area contributed by atoms with E-state index in [0.717, 1.165) is 5.56 Å². The van der Waals surface area contributed by atoms with Gasteiger partial charge in [-0.15, -0.1) is 0 Å². The molecule has 0 unspecified atom stereocenters. The first-order valence-corrected chi connectivity index (χ1v) is 5.44. The summed E-state index contributed by atoms with van der Waals surface area (Å²) < 4.78 is 4.54. The zero-order valence-corrected chi connectivity index (χ0v) is 10.4. The number of carboxylic acids is 1. The van der Waals surface area contributed by atoms with Crippen molar-refractivity contribution in [2.45, 2.75) is 13.3 Å². The summed E-state index contributed by atoms with van der Waals surface area (Å²) in [5, 5.41) is 8.87. The predicted octanol–water partition coefficient (Wildman–Crippen LogP) is 1.85. The van der Waals surface area contributed by atoms with Crippen LogP contribution in [0.1, 0.15) is 22.3 Å². The predicted molar refractivity (Wildman–Crippen MR) is 63.7 cm³/mol. The number of ether oxygens (including phenoxy) is 1. The van der Waals surface area contributed by atoms with Crippen molar-refractivity contribution in [2.24, 2.45) is 0 Å². The van der Waals surface area contributed by atoms with Gasteiger partial charge in [-0.2, -0.15) is 0 Å². The number of aryl methyl sites for hydroxylation is 1. The molecule has 1 rings (SSSR count). The average Bonchev–Trinajstić information content (AvgIpc) is 2.28. The smallest absolute Gasteiger partial charge is 0.317 e. The van der Waals surface area contributed by atoms with Gasteiger partial charge < -0.3 is 9.84 Å². The number of carboxylic acid groups (broad SMARTS) is 1. The van der Waals surface area contributed by atoms with E-state index in [1.54, 1.807) is 19.1 Å². The van der Waals surface area contributed by atoms with Gasteiger partial charge in [-0.05, 0) is 30.7 Å². The number of Topliss-reactive ketones (excluding diaryl/α,β-unsaturated/α-hetero) is 1. The molecule has 0 aliphatic carbocycles. The van der Waals surface area contributed by atoms with Crippen molar-refractivity contribution in [2.75, 3.05) is 6.61 Å². The Balaban J connectivity index is 2.58. The molecule has 1 aromatic carbocycles. The number of aliphatic carboxylic acids is 1. The van der Waals surface area contributed by atoms with Gasteiger partial charge in [-0.3, -0.25) is 14.4 Å². The fourth-order valence-electron chi connectivity index (χ4n) is 1.22. The summed E-state index contributed by atoms with van der Waals surface area (Å²) in [5.74, 6) is -2.65. The second kappa shape index (κ2) is 6.16. The average molecular weight is 271 g/mol. The number of rotatable bonds is 5. The molecule has 18 heavy (non-hydrogen) atoms. The maximum atomic E-state index is 11.6. The Bertz CT molecular complexity index is 495. The molecule has 0 amide bonds. The van der Waals surface area contributed by atoms with E-state index in [1.807, 2.05) is 0 Å². The van der Waals surface area contributed by atoms with Gasteiger partial charge in [0.25, 0.3) is 0 Å². The van der Waals surface area contributed by atoms with Crippen LogP contribution in [0.2, 0.25) is 5.02 Å². The highest BCUT2D eigenvalue weighted by atomic mass is 35.5. The molecule has 0 bridgehead atoms. The molecular formula is C12H11ClO5. The molecular weight excluding hydrogens is 260 g/mol. The highest BCUT2D eigenvalue weighted by molar-refractivity contribution is 6.31. The molecule has 0 radical (unpaired) electrons. The first-order chi connectivity index (χ1) is 8.40. The van der Waals surface area contributed by atoms with Crippen LogP contribution >= 0.6 is 11.6 Å². The van der Waals surface area contributed by atoms with Crippen LogP contribution in [-0.2, 0) is 14.3 Å². The monoisotopic (exact) mass is 270 g/mol. The summed E-state index contributed by atoms with van der Waals surface area (Å²) in [6.45, 7) is 1.27. The van der Waals surface area contributed by atoms with E-state index < -0.39 is 30.7 Å². The first-order valence-electron chi connectivity index (χ1n) is 5.07. The molecule has 0 heterocycles. The van der Waals surface area contributed by atoms with Crippen LogP contribution < -0.4 is 0 Å². The Kier molecular flexibility index (Phi) is 4.85. The molecule has 96 valence electrons. The molecule has 0 spiro atoms. The van der Waals surface area contributed by atoms with Gasteiger partial charge in [0.05, 0.1) is 0 Å². The van der Waals surface area contributed by atoms with Gasteiger partial charge in [-0.1, -0.05) is 11.6 Å². The van der Waals surface area contributed by atoms with Crippen molar-refractivity contribution in [3.05, 3.63) is 34.3 Å². The maximum absolute atomic E-state index is 11.6. The van der Waals surface area contributed by atoms with E-state index in [0.29, 0.717) is 10.6 Å². The number of halogens is 1. The van der Waals surface area contributed by atoms with E-state index >= 15 is 0 Å². The quantitative estimate of drug-likeness (QED) is 0.502. The van der Waals surface area contributed by atoms with Crippen molar-refractivity contribution < 1.29 is 24.2 Å². The lowest BCUT2D eigenvalue weighted by Gasteiger charge is -2.04. The fraction of sp³-hybridized carbons (Fsp3) is 0.250.